The Kier molecular flexibility index (Phi) is 9.26. The summed E-state index contributed by atoms with van der Waals surface area (Å²) >= 11 is 6.03. The molecule has 0 unspecified atom stereocenters. The van der Waals surface area contributed by atoms with Crippen molar-refractivity contribution >= 4 is 51.0 Å². The number of nitrogens with one attached hydrogen (secondary N) is 2. The van der Waals surface area contributed by atoms with Gasteiger partial charge < -0.3 is 10.1 Å². The molecule has 9 nitrogen and oxygen atoms in total. The third-order valence-corrected chi connectivity index (χ3v) is 6.62. The Balaban J connectivity index is 1.53. The van der Waals surface area contributed by atoms with Crippen LogP contribution in [-0.4, -0.2) is 45.9 Å². The highest BCUT2D eigenvalue weighted by Crippen LogP contribution is 2.26. The highest BCUT2D eigenvalue weighted by atomic mass is 35.5. The van der Waals surface area contributed by atoms with Crippen molar-refractivity contribution in [3.8, 4) is 5.75 Å². The number of hydrogen-bond acceptors (Lipinski definition) is 6. The lowest BCUT2D eigenvalue weighted by Crippen LogP contribution is -2.39. The zero-order valence-corrected chi connectivity index (χ0v) is 22.1. The first-order valence-corrected chi connectivity index (χ1v) is 13.4. The van der Waals surface area contributed by atoms with Crippen LogP contribution in [-0.2, 0) is 19.6 Å². The molecule has 0 aliphatic heterocycles. The number of ether oxygens (including phenoxy) is 1. The second-order valence-electron chi connectivity index (χ2n) is 8.19. The van der Waals surface area contributed by atoms with Crippen LogP contribution in [0.25, 0.3) is 0 Å². The fourth-order valence-corrected chi connectivity index (χ4v) is 4.61. The Morgan fingerprint density at radius 3 is 2.24 bits per heavy atom. The molecule has 2 amide bonds. The number of aryl methyl sites for hydroxylation is 2. The van der Waals surface area contributed by atoms with E-state index in [4.69, 9.17) is 16.3 Å². The van der Waals surface area contributed by atoms with E-state index in [1.54, 1.807) is 74.5 Å². The number of amides is 2. The zero-order valence-electron chi connectivity index (χ0n) is 20.6. The molecule has 11 heteroatoms. The first-order chi connectivity index (χ1) is 17.5. The van der Waals surface area contributed by atoms with Gasteiger partial charge in [0, 0.05) is 0 Å². The van der Waals surface area contributed by atoms with Crippen LogP contribution in [0.1, 0.15) is 16.7 Å². The molecule has 0 spiro atoms. The van der Waals surface area contributed by atoms with Crippen LogP contribution in [0.15, 0.2) is 71.8 Å². The molecule has 0 saturated heterocycles. The van der Waals surface area contributed by atoms with E-state index < -0.39 is 22.5 Å². The summed E-state index contributed by atoms with van der Waals surface area (Å²) < 4.78 is 31.3. The molecular weight excluding hydrogens is 516 g/mol. The van der Waals surface area contributed by atoms with Crippen LogP contribution in [0.2, 0.25) is 5.02 Å². The molecule has 3 rings (SSSR count). The number of anilines is 2. The molecule has 37 heavy (non-hydrogen) atoms. The first-order valence-electron chi connectivity index (χ1n) is 11.2. The lowest BCUT2D eigenvalue weighted by Gasteiger charge is -2.25. The summed E-state index contributed by atoms with van der Waals surface area (Å²) in [6.45, 7) is 2.96. The first kappa shape index (κ1) is 27.7. The van der Waals surface area contributed by atoms with Gasteiger partial charge in [-0.15, -0.1) is 0 Å². The van der Waals surface area contributed by atoms with Crippen LogP contribution < -0.4 is 19.8 Å². The van der Waals surface area contributed by atoms with Gasteiger partial charge in [-0.3, -0.25) is 13.9 Å². The molecule has 3 aromatic carbocycles. The number of hydrazone groups is 1. The highest BCUT2D eigenvalue weighted by Gasteiger charge is 2.23. The second-order valence-corrected chi connectivity index (χ2v) is 10.5. The zero-order chi connectivity index (χ0) is 27.0. The minimum atomic E-state index is -3.70. The van der Waals surface area contributed by atoms with E-state index in [0.717, 1.165) is 21.7 Å². The molecule has 2 N–H and O–H groups in total. The molecule has 0 fully saturated rings. The van der Waals surface area contributed by atoms with Crippen molar-refractivity contribution in [2.24, 2.45) is 5.10 Å². The van der Waals surface area contributed by atoms with E-state index in [1.165, 1.54) is 6.21 Å². The van der Waals surface area contributed by atoms with Gasteiger partial charge in [0.15, 0.2) is 6.61 Å². The lowest BCUT2D eigenvalue weighted by molar-refractivity contribution is -0.119. The van der Waals surface area contributed by atoms with Crippen molar-refractivity contribution in [2.45, 2.75) is 13.8 Å². The number of nitrogens with zero attached hydrogens (tertiary/aromatic N) is 2. The summed E-state index contributed by atoms with van der Waals surface area (Å²) in [5, 5.41) is 7.01. The number of carbonyl (C=O) groups is 2. The summed E-state index contributed by atoms with van der Waals surface area (Å²) in [7, 11) is -3.70. The van der Waals surface area contributed by atoms with E-state index in [1.807, 2.05) is 6.07 Å². The molecular formula is C26H27ClN4O5S. The molecule has 0 radical (unpaired) electrons. The number of hydrogen-bond donors (Lipinski definition) is 2. The monoisotopic (exact) mass is 542 g/mol. The van der Waals surface area contributed by atoms with Gasteiger partial charge in [0.1, 0.15) is 12.3 Å². The molecule has 0 saturated carbocycles. The molecule has 0 aromatic heterocycles. The van der Waals surface area contributed by atoms with Crippen molar-refractivity contribution in [3.63, 3.8) is 0 Å². The van der Waals surface area contributed by atoms with Crippen molar-refractivity contribution in [1.29, 1.82) is 0 Å². The Morgan fingerprint density at radius 2 is 1.62 bits per heavy atom. The van der Waals surface area contributed by atoms with E-state index in [-0.39, 0.29) is 12.5 Å². The molecule has 0 heterocycles. The lowest BCUT2D eigenvalue weighted by atomic mass is 10.1. The van der Waals surface area contributed by atoms with E-state index in [9.17, 15) is 18.0 Å². The minimum Gasteiger partial charge on any atom is -0.484 e. The Morgan fingerprint density at radius 1 is 0.973 bits per heavy atom. The maximum absolute atomic E-state index is 12.4. The quantitative estimate of drug-likeness (QED) is 0.298. The summed E-state index contributed by atoms with van der Waals surface area (Å²) in [5.74, 6) is -0.479. The normalized spacial score (nSPS) is 11.2. The third-order valence-electron chi connectivity index (χ3n) is 5.18. The molecule has 0 aliphatic carbocycles. The summed E-state index contributed by atoms with van der Waals surface area (Å²) in [5.41, 5.74) is 5.46. The van der Waals surface area contributed by atoms with Gasteiger partial charge >= 0.3 is 0 Å². The Bertz CT molecular complexity index is 1390. The van der Waals surface area contributed by atoms with Gasteiger partial charge in [-0.25, -0.2) is 13.8 Å². The maximum atomic E-state index is 12.4. The fourth-order valence-electron chi connectivity index (χ4n) is 3.45. The van der Waals surface area contributed by atoms with Gasteiger partial charge in [0.2, 0.25) is 10.0 Å². The predicted molar refractivity (Wildman–Crippen MR) is 146 cm³/mol. The number of para-hydroxylation sites is 2. The van der Waals surface area contributed by atoms with Gasteiger partial charge in [0.25, 0.3) is 11.8 Å². The van der Waals surface area contributed by atoms with Gasteiger partial charge in [-0.1, -0.05) is 41.9 Å². The van der Waals surface area contributed by atoms with Crippen molar-refractivity contribution < 1.29 is 22.7 Å². The SMILES string of the molecule is Cc1cccc(C)c1N(CC(=O)N/N=C\c1ccc(OCC(=O)Nc2ccccc2Cl)cc1)S(C)(=O)=O. The molecule has 0 aliphatic rings. The number of sulfonamides is 1. The maximum Gasteiger partial charge on any atom is 0.262 e. The number of rotatable bonds is 10. The molecule has 0 atom stereocenters. The van der Waals surface area contributed by atoms with E-state index in [2.05, 4.69) is 15.8 Å². The topological polar surface area (TPSA) is 117 Å². The van der Waals surface area contributed by atoms with Crippen LogP contribution in [0.5, 0.6) is 5.75 Å². The van der Waals surface area contributed by atoms with Crippen LogP contribution in [0.4, 0.5) is 11.4 Å². The fraction of sp³-hybridized carbons (Fsp3) is 0.192. The van der Waals surface area contributed by atoms with Crippen molar-refractivity contribution in [3.05, 3.63) is 88.4 Å². The molecule has 0 bridgehead atoms. The number of benzene rings is 3. The summed E-state index contributed by atoms with van der Waals surface area (Å²) in [4.78, 5) is 24.5. The van der Waals surface area contributed by atoms with E-state index in [0.29, 0.717) is 27.7 Å². The predicted octanol–water partition coefficient (Wildman–Crippen LogP) is 3.89. The number of carbonyl (C=O) groups excluding carboxylic acids is 2. The number of halogens is 1. The summed E-state index contributed by atoms with van der Waals surface area (Å²) in [6.07, 6.45) is 2.47. The van der Waals surface area contributed by atoms with Crippen LogP contribution in [0.3, 0.4) is 0 Å². The molecule has 194 valence electrons. The second kappa shape index (κ2) is 12.4. The van der Waals surface area contributed by atoms with Gasteiger partial charge in [0.05, 0.1) is 28.9 Å². The summed E-state index contributed by atoms with van der Waals surface area (Å²) in [6, 6.07) is 19.0. The van der Waals surface area contributed by atoms with Crippen molar-refractivity contribution in [1.82, 2.24) is 5.43 Å². The molecule has 3 aromatic rings. The largest absolute Gasteiger partial charge is 0.484 e. The standard InChI is InChI=1S/C26H27ClN4O5S/c1-18-7-6-8-19(2)26(18)31(37(3,34)35)16-24(32)30-28-15-20-11-13-21(14-12-20)36-17-25(33)29-23-10-5-4-9-22(23)27/h4-15H,16-17H2,1-3H3,(H,29,33)(H,30,32)/b28-15-. The van der Waals surface area contributed by atoms with Crippen LogP contribution in [0, 0.1) is 13.8 Å². The van der Waals surface area contributed by atoms with Gasteiger partial charge in [-0.05, 0) is 66.9 Å². The Hall–Kier alpha value is -3.89. The van der Waals surface area contributed by atoms with Gasteiger partial charge in [-0.2, -0.15) is 5.10 Å². The Labute approximate surface area is 221 Å². The third kappa shape index (κ3) is 8.06. The highest BCUT2D eigenvalue weighted by molar-refractivity contribution is 7.92. The minimum absolute atomic E-state index is 0.202. The van der Waals surface area contributed by atoms with E-state index >= 15 is 0 Å². The average Bonchev–Trinajstić information content (AvgIpc) is 2.83. The van der Waals surface area contributed by atoms with Crippen molar-refractivity contribution in [2.75, 3.05) is 29.0 Å². The smallest absolute Gasteiger partial charge is 0.262 e. The van der Waals surface area contributed by atoms with Crippen LogP contribution >= 0.6 is 11.6 Å². The average molecular weight is 543 g/mol.